The molecule has 28 heavy (non-hydrogen) atoms. The van der Waals surface area contributed by atoms with Crippen LogP contribution in [-0.2, 0) is 10.2 Å². The number of benzene rings is 3. The molecule has 0 radical (unpaired) electrons. The number of rotatable bonds is 4. The molecule has 1 unspecified atom stereocenters. The molecule has 0 spiro atoms. The van der Waals surface area contributed by atoms with Gasteiger partial charge in [-0.25, -0.2) is 0 Å². The molecule has 1 aliphatic heterocycles. The van der Waals surface area contributed by atoms with Gasteiger partial charge in [0.2, 0.25) is 5.91 Å². The summed E-state index contributed by atoms with van der Waals surface area (Å²) in [5, 5.41) is 3.95. The number of carbonyl (C=O) groups is 2. The highest BCUT2D eigenvalue weighted by molar-refractivity contribution is 6.14. The third-order valence-electron chi connectivity index (χ3n) is 5.59. The maximum Gasteiger partial charge on any atom is 0.240 e. The Morgan fingerprint density at radius 2 is 1.54 bits per heavy atom. The molecule has 2 heterocycles. The van der Waals surface area contributed by atoms with Gasteiger partial charge in [-0.2, -0.15) is 0 Å². The van der Waals surface area contributed by atoms with Crippen molar-refractivity contribution in [2.45, 2.75) is 11.8 Å². The van der Waals surface area contributed by atoms with E-state index in [0.717, 1.165) is 27.7 Å². The van der Waals surface area contributed by atoms with Gasteiger partial charge in [0.05, 0.1) is 0 Å². The monoisotopic (exact) mass is 366 g/mol. The Balaban J connectivity index is 1.74. The van der Waals surface area contributed by atoms with Crippen molar-refractivity contribution in [3.63, 3.8) is 0 Å². The van der Waals surface area contributed by atoms with Crippen LogP contribution >= 0.6 is 0 Å². The van der Waals surface area contributed by atoms with E-state index in [1.165, 1.54) is 0 Å². The Morgan fingerprint density at radius 1 is 0.821 bits per heavy atom. The number of Topliss-reactive ketones (excluding diaryl/α,β-unsaturated/α-hetero) is 1. The van der Waals surface area contributed by atoms with Gasteiger partial charge in [-0.1, -0.05) is 66.7 Å². The molecular formula is C24H18N2O2. The third kappa shape index (κ3) is 2.31. The van der Waals surface area contributed by atoms with E-state index in [1.807, 2.05) is 72.9 Å². The highest BCUT2D eigenvalue weighted by atomic mass is 16.2. The van der Waals surface area contributed by atoms with E-state index in [2.05, 4.69) is 10.3 Å². The van der Waals surface area contributed by atoms with Gasteiger partial charge in [0, 0.05) is 34.8 Å². The summed E-state index contributed by atoms with van der Waals surface area (Å²) in [6, 6.07) is 24.6. The molecule has 1 aliphatic rings. The minimum absolute atomic E-state index is 0.0577. The molecule has 4 aromatic rings. The summed E-state index contributed by atoms with van der Waals surface area (Å²) in [4.78, 5) is 29.9. The van der Waals surface area contributed by atoms with Gasteiger partial charge in [0.1, 0.15) is 5.41 Å². The lowest BCUT2D eigenvalue weighted by Crippen LogP contribution is -2.38. The smallest absolute Gasteiger partial charge is 0.240 e. The average molecular weight is 366 g/mol. The van der Waals surface area contributed by atoms with Crippen LogP contribution in [-0.4, -0.2) is 16.7 Å². The van der Waals surface area contributed by atoms with Gasteiger partial charge < -0.3 is 10.3 Å². The minimum atomic E-state index is -1.07. The number of hydrogen-bond donors (Lipinski definition) is 2. The van der Waals surface area contributed by atoms with Gasteiger partial charge in [-0.3, -0.25) is 9.59 Å². The molecule has 1 amide bonds. The van der Waals surface area contributed by atoms with Crippen molar-refractivity contribution >= 4 is 28.3 Å². The van der Waals surface area contributed by atoms with E-state index >= 15 is 0 Å². The van der Waals surface area contributed by atoms with Crippen LogP contribution in [0, 0.1) is 0 Å². The predicted octanol–water partition coefficient (Wildman–Crippen LogP) is 4.68. The van der Waals surface area contributed by atoms with Gasteiger partial charge in [-0.15, -0.1) is 0 Å². The standard InChI is InChI=1S/C24H18N2O2/c27-22(16-8-2-1-3-9-16)14-24(18-11-5-7-13-21(18)26-23(24)28)19-15-25-20-12-6-4-10-17(19)20/h1-13,15,25H,14H2,(H,26,28). The summed E-state index contributed by atoms with van der Waals surface area (Å²) < 4.78 is 0. The molecule has 0 saturated heterocycles. The van der Waals surface area contributed by atoms with E-state index in [1.54, 1.807) is 12.1 Å². The average Bonchev–Trinajstić information content (AvgIpc) is 3.28. The van der Waals surface area contributed by atoms with Crippen molar-refractivity contribution in [3.05, 3.63) is 102 Å². The van der Waals surface area contributed by atoms with Crippen molar-refractivity contribution in [1.29, 1.82) is 0 Å². The molecule has 1 atom stereocenters. The lowest BCUT2D eigenvalue weighted by atomic mass is 9.71. The Kier molecular flexibility index (Phi) is 3.66. The third-order valence-corrected chi connectivity index (χ3v) is 5.59. The highest BCUT2D eigenvalue weighted by Gasteiger charge is 2.50. The van der Waals surface area contributed by atoms with Gasteiger partial charge in [0.25, 0.3) is 0 Å². The number of H-pyrrole nitrogens is 1. The Bertz CT molecular complexity index is 1210. The molecule has 136 valence electrons. The Morgan fingerprint density at radius 3 is 2.39 bits per heavy atom. The lowest BCUT2D eigenvalue weighted by Gasteiger charge is -2.27. The maximum absolute atomic E-state index is 13.4. The molecule has 0 fully saturated rings. The normalized spacial score (nSPS) is 18.1. The van der Waals surface area contributed by atoms with Gasteiger partial charge in [-0.05, 0) is 23.3 Å². The van der Waals surface area contributed by atoms with Crippen LogP contribution in [0.5, 0.6) is 0 Å². The number of aromatic amines is 1. The fraction of sp³-hybridized carbons (Fsp3) is 0.0833. The fourth-order valence-corrected chi connectivity index (χ4v) is 4.25. The molecule has 0 saturated carbocycles. The first-order valence-electron chi connectivity index (χ1n) is 9.26. The van der Waals surface area contributed by atoms with Gasteiger partial charge in [0.15, 0.2) is 5.78 Å². The quantitative estimate of drug-likeness (QED) is 0.515. The first-order chi connectivity index (χ1) is 13.7. The number of anilines is 1. The van der Waals surface area contributed by atoms with E-state index in [9.17, 15) is 9.59 Å². The SMILES string of the molecule is O=C(CC1(c2c[nH]c3ccccc23)C(=O)Nc2ccccc21)c1ccccc1. The zero-order valence-electron chi connectivity index (χ0n) is 15.1. The number of ketones is 1. The summed E-state index contributed by atoms with van der Waals surface area (Å²) in [6.45, 7) is 0. The zero-order valence-corrected chi connectivity index (χ0v) is 15.1. The van der Waals surface area contributed by atoms with Crippen LogP contribution in [0.1, 0.15) is 27.9 Å². The highest BCUT2D eigenvalue weighted by Crippen LogP contribution is 2.47. The maximum atomic E-state index is 13.4. The summed E-state index contributed by atoms with van der Waals surface area (Å²) in [6.07, 6.45) is 1.94. The molecule has 1 aromatic heterocycles. The summed E-state index contributed by atoms with van der Waals surface area (Å²) in [7, 11) is 0. The second-order valence-corrected chi connectivity index (χ2v) is 7.12. The molecule has 5 rings (SSSR count). The Labute approximate surface area is 162 Å². The molecular weight excluding hydrogens is 348 g/mol. The predicted molar refractivity (Wildman–Crippen MR) is 110 cm³/mol. The van der Waals surface area contributed by atoms with Crippen LogP contribution < -0.4 is 5.32 Å². The number of amides is 1. The molecule has 2 N–H and O–H groups in total. The zero-order chi connectivity index (χ0) is 19.1. The number of hydrogen-bond acceptors (Lipinski definition) is 2. The first kappa shape index (κ1) is 16.5. The number of carbonyl (C=O) groups excluding carboxylic acids is 2. The lowest BCUT2D eigenvalue weighted by molar-refractivity contribution is -0.119. The molecule has 0 aliphatic carbocycles. The van der Waals surface area contributed by atoms with E-state index in [0.29, 0.717) is 5.56 Å². The van der Waals surface area contributed by atoms with E-state index in [4.69, 9.17) is 0 Å². The van der Waals surface area contributed by atoms with Crippen LogP contribution in [0.4, 0.5) is 5.69 Å². The second kappa shape index (κ2) is 6.20. The largest absolute Gasteiger partial charge is 0.361 e. The number of fused-ring (bicyclic) bond motifs is 2. The van der Waals surface area contributed by atoms with E-state index < -0.39 is 5.41 Å². The van der Waals surface area contributed by atoms with Crippen LogP contribution in [0.25, 0.3) is 10.9 Å². The molecule has 4 nitrogen and oxygen atoms in total. The topological polar surface area (TPSA) is 62.0 Å². The summed E-state index contributed by atoms with van der Waals surface area (Å²) >= 11 is 0. The number of para-hydroxylation sites is 2. The van der Waals surface area contributed by atoms with Crippen molar-refractivity contribution < 1.29 is 9.59 Å². The van der Waals surface area contributed by atoms with E-state index in [-0.39, 0.29) is 18.1 Å². The van der Waals surface area contributed by atoms with Crippen LogP contribution in [0.2, 0.25) is 0 Å². The number of aromatic nitrogens is 1. The fourth-order valence-electron chi connectivity index (χ4n) is 4.25. The molecule has 0 bridgehead atoms. The van der Waals surface area contributed by atoms with Crippen molar-refractivity contribution in [3.8, 4) is 0 Å². The van der Waals surface area contributed by atoms with Crippen molar-refractivity contribution in [1.82, 2.24) is 4.98 Å². The number of nitrogens with one attached hydrogen (secondary N) is 2. The van der Waals surface area contributed by atoms with Crippen molar-refractivity contribution in [2.24, 2.45) is 0 Å². The second-order valence-electron chi connectivity index (χ2n) is 7.12. The first-order valence-corrected chi connectivity index (χ1v) is 9.26. The summed E-state index contributed by atoms with van der Waals surface area (Å²) in [5.41, 5.74) is 2.92. The molecule has 4 heteroatoms. The van der Waals surface area contributed by atoms with Gasteiger partial charge >= 0.3 is 0 Å². The minimum Gasteiger partial charge on any atom is -0.361 e. The Hall–Kier alpha value is -3.66. The van der Waals surface area contributed by atoms with Crippen molar-refractivity contribution in [2.75, 3.05) is 5.32 Å². The summed E-state index contributed by atoms with van der Waals surface area (Å²) in [5.74, 6) is -0.222. The molecule has 3 aromatic carbocycles. The van der Waals surface area contributed by atoms with Crippen LogP contribution in [0.3, 0.4) is 0 Å². The van der Waals surface area contributed by atoms with Crippen LogP contribution in [0.15, 0.2) is 85.1 Å².